The molecule has 174 valence electrons. The maximum Gasteiger partial charge on any atom is 0.170 e. The average Bonchev–Trinajstić information content (AvgIpc) is 3.29. The summed E-state index contributed by atoms with van der Waals surface area (Å²) >= 11 is 0. The fourth-order valence-electron chi connectivity index (χ4n) is 5.45. The zero-order valence-corrected chi connectivity index (χ0v) is 19.9. The van der Waals surface area contributed by atoms with Crippen molar-refractivity contribution < 1.29 is 9.47 Å². The SMILES string of the molecule is c1ccc(-n2c3ccccc3c3ccc(-c4ccc5c(c4)Oc4cc6ccccc6cc4O5)cc32)cc1. The predicted molar refractivity (Wildman–Crippen MR) is 150 cm³/mol. The summed E-state index contributed by atoms with van der Waals surface area (Å²) in [4.78, 5) is 0. The van der Waals surface area contributed by atoms with Gasteiger partial charge in [-0.1, -0.05) is 78.9 Å². The van der Waals surface area contributed by atoms with Gasteiger partial charge >= 0.3 is 0 Å². The number of hydrogen-bond donors (Lipinski definition) is 0. The number of hydrogen-bond acceptors (Lipinski definition) is 2. The number of benzene rings is 6. The zero-order valence-electron chi connectivity index (χ0n) is 19.9. The third-order valence-corrected chi connectivity index (χ3v) is 7.22. The number of fused-ring (bicyclic) bond motifs is 6. The molecule has 0 aliphatic carbocycles. The van der Waals surface area contributed by atoms with Crippen molar-refractivity contribution in [1.82, 2.24) is 4.57 Å². The van der Waals surface area contributed by atoms with Crippen LogP contribution in [0.15, 0.2) is 127 Å². The molecule has 0 saturated carbocycles. The van der Waals surface area contributed by atoms with Gasteiger partial charge in [0.05, 0.1) is 11.0 Å². The number of aromatic nitrogens is 1. The first-order valence-electron chi connectivity index (χ1n) is 12.4. The monoisotopic (exact) mass is 475 g/mol. The molecule has 0 atom stereocenters. The van der Waals surface area contributed by atoms with Gasteiger partial charge < -0.3 is 14.0 Å². The van der Waals surface area contributed by atoms with Crippen LogP contribution in [0.25, 0.3) is 49.4 Å². The molecule has 3 heteroatoms. The highest BCUT2D eigenvalue weighted by Crippen LogP contribution is 2.48. The summed E-state index contributed by atoms with van der Waals surface area (Å²) in [6.45, 7) is 0. The lowest BCUT2D eigenvalue weighted by molar-refractivity contribution is 0.360. The van der Waals surface area contributed by atoms with Crippen molar-refractivity contribution in [2.24, 2.45) is 0 Å². The van der Waals surface area contributed by atoms with Crippen molar-refractivity contribution in [3.8, 4) is 39.8 Å². The minimum absolute atomic E-state index is 0.726. The topological polar surface area (TPSA) is 23.4 Å². The number of rotatable bonds is 2. The Morgan fingerprint density at radius 3 is 1.81 bits per heavy atom. The van der Waals surface area contributed by atoms with Crippen molar-refractivity contribution >= 4 is 32.6 Å². The largest absolute Gasteiger partial charge is 0.449 e. The third-order valence-electron chi connectivity index (χ3n) is 7.22. The van der Waals surface area contributed by atoms with Crippen LogP contribution >= 0.6 is 0 Å². The summed E-state index contributed by atoms with van der Waals surface area (Å²) in [5.74, 6) is 2.94. The van der Waals surface area contributed by atoms with Gasteiger partial charge in [-0.05, 0) is 70.4 Å². The van der Waals surface area contributed by atoms with E-state index in [1.165, 1.54) is 21.8 Å². The molecule has 37 heavy (non-hydrogen) atoms. The average molecular weight is 476 g/mol. The van der Waals surface area contributed by atoms with Crippen LogP contribution < -0.4 is 9.47 Å². The van der Waals surface area contributed by atoms with Crippen LogP contribution in [0.4, 0.5) is 0 Å². The Bertz CT molecular complexity index is 1990. The number of ether oxygens (including phenoxy) is 2. The first-order valence-corrected chi connectivity index (χ1v) is 12.4. The highest BCUT2D eigenvalue weighted by atomic mass is 16.6. The molecule has 1 aromatic heterocycles. The molecule has 3 nitrogen and oxygen atoms in total. The molecule has 7 aromatic rings. The summed E-state index contributed by atoms with van der Waals surface area (Å²) in [6.07, 6.45) is 0. The minimum atomic E-state index is 0.726. The maximum absolute atomic E-state index is 6.35. The fourth-order valence-corrected chi connectivity index (χ4v) is 5.45. The van der Waals surface area contributed by atoms with Gasteiger partial charge in [-0.15, -0.1) is 0 Å². The molecule has 8 rings (SSSR count). The minimum Gasteiger partial charge on any atom is -0.449 e. The lowest BCUT2D eigenvalue weighted by Gasteiger charge is -2.22. The molecule has 0 radical (unpaired) electrons. The van der Waals surface area contributed by atoms with Crippen molar-refractivity contribution in [3.63, 3.8) is 0 Å². The highest BCUT2D eigenvalue weighted by molar-refractivity contribution is 6.10. The smallest absolute Gasteiger partial charge is 0.170 e. The van der Waals surface area contributed by atoms with E-state index in [0.29, 0.717) is 0 Å². The van der Waals surface area contributed by atoms with E-state index in [1.54, 1.807) is 0 Å². The second-order valence-corrected chi connectivity index (χ2v) is 9.43. The van der Waals surface area contributed by atoms with E-state index in [0.717, 1.165) is 50.6 Å². The van der Waals surface area contributed by atoms with Crippen LogP contribution in [0.3, 0.4) is 0 Å². The zero-order chi connectivity index (χ0) is 24.3. The Hall–Kier alpha value is -5.02. The van der Waals surface area contributed by atoms with Gasteiger partial charge in [0.25, 0.3) is 0 Å². The van der Waals surface area contributed by atoms with Crippen LogP contribution in [0, 0.1) is 0 Å². The highest BCUT2D eigenvalue weighted by Gasteiger charge is 2.21. The molecule has 0 bridgehead atoms. The van der Waals surface area contributed by atoms with Gasteiger partial charge in [0.15, 0.2) is 23.0 Å². The lowest BCUT2D eigenvalue weighted by atomic mass is 10.0. The molecule has 6 aromatic carbocycles. The van der Waals surface area contributed by atoms with E-state index in [9.17, 15) is 0 Å². The van der Waals surface area contributed by atoms with Crippen LogP contribution in [-0.4, -0.2) is 4.57 Å². The molecule has 1 aliphatic heterocycles. The summed E-state index contributed by atoms with van der Waals surface area (Å²) in [5, 5.41) is 4.75. The number of nitrogens with zero attached hydrogens (tertiary/aromatic N) is 1. The standard InChI is InChI=1S/C34H21NO2/c1-2-10-26(11-3-1)35-29-13-7-6-12-27(29)28-16-14-24(18-30(28)35)25-15-17-31-32(21-25)37-34-20-23-9-5-4-8-22(23)19-33(34)36-31/h1-21H. The second kappa shape index (κ2) is 7.74. The van der Waals surface area contributed by atoms with Crippen molar-refractivity contribution in [3.05, 3.63) is 127 Å². The Kier molecular flexibility index (Phi) is 4.23. The molecule has 0 unspecified atom stereocenters. The summed E-state index contributed by atoms with van der Waals surface area (Å²) < 4.78 is 14.9. The molecular formula is C34H21NO2. The van der Waals surface area contributed by atoms with Gasteiger partial charge in [0.1, 0.15) is 0 Å². The van der Waals surface area contributed by atoms with Crippen molar-refractivity contribution in [2.45, 2.75) is 0 Å². The first-order chi connectivity index (χ1) is 18.3. The van der Waals surface area contributed by atoms with E-state index >= 15 is 0 Å². The molecule has 0 N–H and O–H groups in total. The molecule has 0 saturated heterocycles. The van der Waals surface area contributed by atoms with E-state index in [1.807, 2.05) is 30.3 Å². The Morgan fingerprint density at radius 2 is 1.00 bits per heavy atom. The van der Waals surface area contributed by atoms with Crippen LogP contribution in [0.2, 0.25) is 0 Å². The molecule has 0 amide bonds. The van der Waals surface area contributed by atoms with Gasteiger partial charge in [-0.2, -0.15) is 0 Å². The normalized spacial score (nSPS) is 12.2. The summed E-state index contributed by atoms with van der Waals surface area (Å²) in [5.41, 5.74) is 5.74. The Labute approximate surface area is 213 Å². The van der Waals surface area contributed by atoms with Gasteiger partial charge in [0, 0.05) is 16.5 Å². The van der Waals surface area contributed by atoms with E-state index in [2.05, 4.69) is 102 Å². The van der Waals surface area contributed by atoms with Crippen LogP contribution in [0.1, 0.15) is 0 Å². The van der Waals surface area contributed by atoms with Gasteiger partial charge in [-0.25, -0.2) is 0 Å². The first kappa shape index (κ1) is 20.2. The molecule has 2 heterocycles. The van der Waals surface area contributed by atoms with Crippen molar-refractivity contribution in [2.75, 3.05) is 0 Å². The predicted octanol–water partition coefficient (Wildman–Crippen LogP) is 9.50. The van der Waals surface area contributed by atoms with E-state index < -0.39 is 0 Å². The molecule has 1 aliphatic rings. The van der Waals surface area contributed by atoms with E-state index in [-0.39, 0.29) is 0 Å². The quantitative estimate of drug-likeness (QED) is 0.248. The van der Waals surface area contributed by atoms with Gasteiger partial charge in [-0.3, -0.25) is 0 Å². The molecule has 0 fully saturated rings. The van der Waals surface area contributed by atoms with Gasteiger partial charge in [0.2, 0.25) is 0 Å². The summed E-state index contributed by atoms with van der Waals surface area (Å²) in [6, 6.07) is 44.3. The summed E-state index contributed by atoms with van der Waals surface area (Å²) in [7, 11) is 0. The van der Waals surface area contributed by atoms with Crippen molar-refractivity contribution in [1.29, 1.82) is 0 Å². The lowest BCUT2D eigenvalue weighted by Crippen LogP contribution is -1.99. The molecular weight excluding hydrogens is 454 g/mol. The Balaban J connectivity index is 1.26. The molecule has 0 spiro atoms. The maximum atomic E-state index is 6.35. The van der Waals surface area contributed by atoms with E-state index in [4.69, 9.17) is 9.47 Å². The number of para-hydroxylation sites is 2. The van der Waals surface area contributed by atoms with Crippen LogP contribution in [-0.2, 0) is 0 Å². The fraction of sp³-hybridized carbons (Fsp3) is 0. The Morgan fingerprint density at radius 1 is 0.405 bits per heavy atom. The van der Waals surface area contributed by atoms with Crippen LogP contribution in [0.5, 0.6) is 23.0 Å². The second-order valence-electron chi connectivity index (χ2n) is 9.43. The third kappa shape index (κ3) is 3.14.